The minimum Gasteiger partial charge on any atom is -0.134 e. The van der Waals surface area contributed by atoms with E-state index in [1.54, 1.807) is 0 Å². The molecule has 0 spiro atoms. The first-order chi connectivity index (χ1) is 6.38. The Balaban J connectivity index is 2.89. The number of hydrogen-bond donors (Lipinski definition) is 0. The first-order valence-corrected chi connectivity index (χ1v) is 5.25. The lowest BCUT2D eigenvalue weighted by atomic mass is 10.0. The maximum Gasteiger partial charge on any atom is -0.00972 e. The normalized spacial score (nSPS) is 11.3. The zero-order chi connectivity index (χ0) is 9.52. The third-order valence-electron chi connectivity index (χ3n) is 1.87. The molecule has 1 aromatic carbocycles. The Hall–Kier alpha value is -0.870. The van der Waals surface area contributed by atoms with Crippen LogP contribution < -0.4 is 0 Å². The monoisotopic (exact) mass is 190 g/mol. The van der Waals surface area contributed by atoms with Gasteiger partial charge in [-0.1, -0.05) is 42.5 Å². The molecule has 1 heteroatoms. The maximum atomic E-state index is 3.76. The molecule has 0 aliphatic heterocycles. The van der Waals surface area contributed by atoms with E-state index < -0.39 is 0 Å². The molecule has 1 rings (SSSR count). The molecule has 0 saturated carbocycles. The van der Waals surface area contributed by atoms with Crippen molar-refractivity contribution in [2.45, 2.75) is 6.42 Å². The quantitative estimate of drug-likeness (QED) is 0.503. The van der Waals surface area contributed by atoms with Crippen LogP contribution in [0.4, 0.5) is 0 Å². The van der Waals surface area contributed by atoms with Gasteiger partial charge < -0.3 is 0 Å². The molecule has 1 aromatic rings. The summed E-state index contributed by atoms with van der Waals surface area (Å²) in [6, 6.07) is 10.4. The van der Waals surface area contributed by atoms with Crippen LogP contribution in [0.2, 0.25) is 0 Å². The van der Waals surface area contributed by atoms with Crippen molar-refractivity contribution in [1.82, 2.24) is 0 Å². The van der Waals surface area contributed by atoms with E-state index in [2.05, 4.69) is 46.2 Å². The van der Waals surface area contributed by atoms with Gasteiger partial charge in [-0.2, -0.15) is 0 Å². The Morgan fingerprint density at radius 3 is 2.54 bits per heavy atom. The van der Waals surface area contributed by atoms with Gasteiger partial charge >= 0.3 is 0 Å². The summed E-state index contributed by atoms with van der Waals surface area (Å²) in [5, 5.41) is 0. The second-order valence-electron chi connectivity index (χ2n) is 2.82. The lowest BCUT2D eigenvalue weighted by Crippen LogP contribution is -1.82. The van der Waals surface area contributed by atoms with Crippen LogP contribution >= 0.6 is 9.24 Å². The fraction of sp³-hybridized carbons (Fsp3) is 0.167. The average molecular weight is 190 g/mol. The smallest absolute Gasteiger partial charge is 0.00972 e. The highest BCUT2D eigenvalue weighted by molar-refractivity contribution is 7.16. The van der Waals surface area contributed by atoms with Crippen molar-refractivity contribution in [2.24, 2.45) is 0 Å². The molecular formula is C12H15P. The summed E-state index contributed by atoms with van der Waals surface area (Å²) in [4.78, 5) is 0. The van der Waals surface area contributed by atoms with E-state index in [0.717, 1.165) is 12.6 Å². The molecular weight excluding hydrogens is 175 g/mol. The third-order valence-corrected chi connectivity index (χ3v) is 2.11. The van der Waals surface area contributed by atoms with Crippen LogP contribution in [0.5, 0.6) is 0 Å². The molecule has 0 radical (unpaired) electrons. The summed E-state index contributed by atoms with van der Waals surface area (Å²) in [5.74, 6) is 0. The van der Waals surface area contributed by atoms with Gasteiger partial charge in [-0.05, 0) is 23.7 Å². The predicted octanol–water partition coefficient (Wildman–Crippen LogP) is 3.52. The topological polar surface area (TPSA) is 0 Å². The van der Waals surface area contributed by atoms with Gasteiger partial charge in [0.2, 0.25) is 0 Å². The molecule has 0 amide bonds. The summed E-state index contributed by atoms with van der Waals surface area (Å²) in [7, 11) is 2.71. The average Bonchev–Trinajstić information content (AvgIpc) is 2.19. The number of hydrogen-bond acceptors (Lipinski definition) is 0. The molecule has 0 heterocycles. The second-order valence-corrected chi connectivity index (χ2v) is 3.30. The molecule has 0 aromatic heterocycles. The fourth-order valence-corrected chi connectivity index (χ4v) is 1.55. The molecule has 0 N–H and O–H groups in total. The Morgan fingerprint density at radius 1 is 1.31 bits per heavy atom. The summed E-state index contributed by atoms with van der Waals surface area (Å²) in [5.41, 5.74) is 2.65. The van der Waals surface area contributed by atoms with Gasteiger partial charge in [0.05, 0.1) is 0 Å². The van der Waals surface area contributed by atoms with Crippen LogP contribution in [0.15, 0.2) is 49.1 Å². The Morgan fingerprint density at radius 2 is 2.00 bits per heavy atom. The van der Waals surface area contributed by atoms with Gasteiger partial charge in [0.1, 0.15) is 0 Å². The lowest BCUT2D eigenvalue weighted by Gasteiger charge is -2.03. The molecule has 0 fully saturated rings. The van der Waals surface area contributed by atoms with Crippen LogP contribution in [0.1, 0.15) is 12.0 Å². The van der Waals surface area contributed by atoms with Crippen molar-refractivity contribution >= 4 is 14.8 Å². The van der Waals surface area contributed by atoms with E-state index in [9.17, 15) is 0 Å². The van der Waals surface area contributed by atoms with E-state index in [-0.39, 0.29) is 0 Å². The van der Waals surface area contributed by atoms with Crippen LogP contribution in [0.25, 0.3) is 5.57 Å². The van der Waals surface area contributed by atoms with Crippen molar-refractivity contribution < 1.29 is 0 Å². The SMILES string of the molecule is C=CC/C(=C\CP)c1ccccc1. The van der Waals surface area contributed by atoms with Crippen molar-refractivity contribution in [1.29, 1.82) is 0 Å². The molecule has 0 nitrogen and oxygen atoms in total. The Bertz CT molecular complexity index is 285. The minimum absolute atomic E-state index is 0.943. The summed E-state index contributed by atoms with van der Waals surface area (Å²) >= 11 is 0. The largest absolute Gasteiger partial charge is 0.134 e. The van der Waals surface area contributed by atoms with Crippen LogP contribution in [-0.2, 0) is 0 Å². The van der Waals surface area contributed by atoms with Crippen LogP contribution in [0, 0.1) is 0 Å². The van der Waals surface area contributed by atoms with E-state index in [1.165, 1.54) is 11.1 Å². The van der Waals surface area contributed by atoms with E-state index in [4.69, 9.17) is 0 Å². The minimum atomic E-state index is 0.943. The maximum absolute atomic E-state index is 3.76. The van der Waals surface area contributed by atoms with Gasteiger partial charge in [-0.25, -0.2) is 0 Å². The van der Waals surface area contributed by atoms with Crippen molar-refractivity contribution in [3.05, 3.63) is 54.6 Å². The molecule has 0 bridgehead atoms. The first kappa shape index (κ1) is 10.2. The van der Waals surface area contributed by atoms with Gasteiger partial charge in [-0.15, -0.1) is 15.8 Å². The molecule has 0 aliphatic carbocycles. The summed E-state index contributed by atoms with van der Waals surface area (Å²) in [6.45, 7) is 3.76. The van der Waals surface area contributed by atoms with E-state index >= 15 is 0 Å². The van der Waals surface area contributed by atoms with Crippen molar-refractivity contribution in [3.63, 3.8) is 0 Å². The van der Waals surface area contributed by atoms with Crippen molar-refractivity contribution in [3.8, 4) is 0 Å². The molecule has 1 unspecified atom stereocenters. The zero-order valence-electron chi connectivity index (χ0n) is 7.74. The molecule has 0 saturated heterocycles. The number of allylic oxidation sites excluding steroid dienone is 3. The summed E-state index contributed by atoms with van der Waals surface area (Å²) < 4.78 is 0. The van der Waals surface area contributed by atoms with E-state index in [0.29, 0.717) is 0 Å². The highest BCUT2D eigenvalue weighted by Crippen LogP contribution is 2.18. The van der Waals surface area contributed by atoms with Crippen LogP contribution in [-0.4, -0.2) is 6.16 Å². The Labute approximate surface area is 82.6 Å². The predicted molar refractivity (Wildman–Crippen MR) is 63.8 cm³/mol. The number of benzene rings is 1. The van der Waals surface area contributed by atoms with Crippen molar-refractivity contribution in [2.75, 3.05) is 6.16 Å². The third kappa shape index (κ3) is 3.16. The van der Waals surface area contributed by atoms with Gasteiger partial charge in [0.15, 0.2) is 0 Å². The molecule has 13 heavy (non-hydrogen) atoms. The zero-order valence-corrected chi connectivity index (χ0v) is 8.89. The van der Waals surface area contributed by atoms with Gasteiger partial charge in [-0.3, -0.25) is 0 Å². The van der Waals surface area contributed by atoms with Gasteiger partial charge in [0, 0.05) is 0 Å². The standard InChI is InChI=1S/C12H15P/c1-2-6-11(9-10-13)12-7-4-3-5-8-12/h2-5,7-9H,1,6,10,13H2/b11-9+. The highest BCUT2D eigenvalue weighted by Gasteiger charge is 1.96. The Kier molecular flexibility index (Phi) is 4.49. The summed E-state index contributed by atoms with van der Waals surface area (Å²) in [6.07, 6.45) is 6.11. The lowest BCUT2D eigenvalue weighted by molar-refractivity contribution is 1.39. The molecule has 68 valence electrons. The highest BCUT2D eigenvalue weighted by atomic mass is 31.0. The number of rotatable bonds is 4. The molecule has 1 atom stereocenters. The second kappa shape index (κ2) is 5.72. The fourth-order valence-electron chi connectivity index (χ4n) is 1.27. The van der Waals surface area contributed by atoms with E-state index in [1.807, 2.05) is 12.1 Å². The first-order valence-electron chi connectivity index (χ1n) is 4.44. The molecule has 0 aliphatic rings. The van der Waals surface area contributed by atoms with Crippen LogP contribution in [0.3, 0.4) is 0 Å². The van der Waals surface area contributed by atoms with Gasteiger partial charge in [0.25, 0.3) is 0 Å².